The van der Waals surface area contributed by atoms with E-state index < -0.39 is 50.6 Å². The lowest BCUT2D eigenvalue weighted by atomic mass is 10.0. The van der Waals surface area contributed by atoms with Crippen LogP contribution in [0.5, 0.6) is 11.5 Å². The number of unbranched alkanes of at least 4 members (excludes halogenated alkanes) is 2. The summed E-state index contributed by atoms with van der Waals surface area (Å²) in [4.78, 5) is 55.4. The van der Waals surface area contributed by atoms with E-state index in [2.05, 4.69) is 20.6 Å². The van der Waals surface area contributed by atoms with Gasteiger partial charge in [0.1, 0.15) is 33.7 Å². The van der Waals surface area contributed by atoms with Gasteiger partial charge >= 0.3 is 18.3 Å². The summed E-state index contributed by atoms with van der Waals surface area (Å²) < 4.78 is 55.4. The fourth-order valence-corrected chi connectivity index (χ4v) is 6.46. The number of alkyl carbamates (subject to hydrolysis) is 1. The lowest BCUT2D eigenvalue weighted by Crippen LogP contribution is -2.36. The number of nitro benzene ring substituents is 1. The van der Waals surface area contributed by atoms with E-state index in [-0.39, 0.29) is 40.6 Å². The predicted molar refractivity (Wildman–Crippen MR) is 202 cm³/mol. The van der Waals surface area contributed by atoms with Crippen molar-refractivity contribution in [3.05, 3.63) is 70.5 Å². The quantitative estimate of drug-likeness (QED) is 0.0342. The van der Waals surface area contributed by atoms with Gasteiger partial charge in [0, 0.05) is 42.8 Å². The van der Waals surface area contributed by atoms with Crippen molar-refractivity contribution in [1.29, 1.82) is 0 Å². The number of benzene rings is 2. The Balaban J connectivity index is 1.35. The zero-order valence-electron chi connectivity index (χ0n) is 32.2. The largest absolute Gasteiger partial charge is 0.514 e. The third kappa shape index (κ3) is 14.2. The SMILES string of the molecule is CC(C)(C)OC(=O)NCCCCCOc1cc(Nc2ncc(C3CCC(OC(=O)Oc4ccc([N+](=O)[O-])cc4)C3)cn2)ccc1S(=O)(=O)NC(=O)OC(C)(C)C. The third-order valence-electron chi connectivity index (χ3n) is 7.89. The molecule has 1 fully saturated rings. The number of carbonyl (C=O) groups is 3. The average Bonchev–Trinajstić information content (AvgIpc) is 3.54. The van der Waals surface area contributed by atoms with Gasteiger partial charge in [-0.25, -0.2) is 37.5 Å². The number of rotatable bonds is 15. The van der Waals surface area contributed by atoms with Crippen molar-refractivity contribution in [2.75, 3.05) is 18.5 Å². The highest BCUT2D eigenvalue weighted by Gasteiger charge is 2.30. The Bertz CT molecular complexity index is 1950. The first kappa shape index (κ1) is 43.0. The van der Waals surface area contributed by atoms with E-state index >= 15 is 0 Å². The predicted octanol–water partition coefficient (Wildman–Crippen LogP) is 7.27. The van der Waals surface area contributed by atoms with Crippen molar-refractivity contribution in [2.45, 2.75) is 108 Å². The molecule has 4 rings (SSSR count). The van der Waals surface area contributed by atoms with Gasteiger partial charge in [-0.2, -0.15) is 0 Å². The van der Waals surface area contributed by atoms with Gasteiger partial charge in [-0.1, -0.05) is 0 Å². The molecule has 56 heavy (non-hydrogen) atoms. The molecule has 1 heterocycles. The minimum Gasteiger partial charge on any atom is -0.492 e. The second-order valence-corrected chi connectivity index (χ2v) is 16.6. The molecule has 1 aliphatic carbocycles. The molecule has 3 N–H and O–H groups in total. The summed E-state index contributed by atoms with van der Waals surface area (Å²) in [7, 11) is -4.41. The van der Waals surface area contributed by atoms with Gasteiger partial charge in [0.15, 0.2) is 0 Å². The van der Waals surface area contributed by atoms with E-state index in [1.807, 2.05) is 4.72 Å². The third-order valence-corrected chi connectivity index (χ3v) is 9.24. The standard InChI is InChI=1S/C37H48N6O12S/c1-36(2,3)54-33(44)38-18-8-7-9-19-51-30-21-26(11-17-31(30)56(49,50)42-34(45)55-37(4,5)6)41-32-39-22-25(23-40-32)24-10-14-29(20-24)53-35(46)52-28-15-12-27(13-16-28)43(47)48/h11-13,15-17,21-24,29H,7-10,14,18-20H2,1-6H3,(H,38,44)(H,42,45)(H,39,40,41). The Labute approximate surface area is 325 Å². The number of hydrogen-bond donors (Lipinski definition) is 3. The molecule has 2 unspecified atom stereocenters. The van der Waals surface area contributed by atoms with E-state index in [9.17, 15) is 32.9 Å². The molecular weight excluding hydrogens is 753 g/mol. The molecule has 1 aliphatic rings. The first-order valence-corrected chi connectivity index (χ1v) is 19.5. The lowest BCUT2D eigenvalue weighted by Gasteiger charge is -2.20. The summed E-state index contributed by atoms with van der Waals surface area (Å²) >= 11 is 0. The smallest absolute Gasteiger partial charge is 0.492 e. The molecule has 1 aromatic heterocycles. The normalized spacial score (nSPS) is 15.6. The number of sulfonamides is 1. The number of amides is 2. The number of nitrogens with zero attached hydrogens (tertiary/aromatic N) is 3. The van der Waals surface area contributed by atoms with Crippen LogP contribution in [0.3, 0.4) is 0 Å². The van der Waals surface area contributed by atoms with Crippen LogP contribution in [-0.2, 0) is 24.2 Å². The molecule has 0 radical (unpaired) electrons. The van der Waals surface area contributed by atoms with Gasteiger partial charge in [0.25, 0.3) is 15.7 Å². The van der Waals surface area contributed by atoms with Crippen LogP contribution < -0.4 is 24.8 Å². The highest BCUT2D eigenvalue weighted by Crippen LogP contribution is 2.36. The molecule has 1 saturated carbocycles. The fourth-order valence-electron chi connectivity index (χ4n) is 5.46. The molecule has 304 valence electrons. The highest BCUT2D eigenvalue weighted by atomic mass is 32.2. The van der Waals surface area contributed by atoms with Crippen LogP contribution >= 0.6 is 0 Å². The molecule has 0 bridgehead atoms. The molecule has 3 aromatic rings. The second-order valence-electron chi connectivity index (χ2n) is 14.9. The Hall–Kier alpha value is -5.72. The number of nitrogens with one attached hydrogen (secondary N) is 3. The zero-order valence-corrected chi connectivity index (χ0v) is 33.0. The van der Waals surface area contributed by atoms with Gasteiger partial charge in [0.2, 0.25) is 5.95 Å². The first-order valence-electron chi connectivity index (χ1n) is 18.0. The lowest BCUT2D eigenvalue weighted by molar-refractivity contribution is -0.384. The molecule has 0 saturated heterocycles. The van der Waals surface area contributed by atoms with Crippen LogP contribution in [0.4, 0.5) is 31.7 Å². The van der Waals surface area contributed by atoms with Crippen LogP contribution in [0.1, 0.15) is 91.5 Å². The summed E-state index contributed by atoms with van der Waals surface area (Å²) in [5, 5.41) is 16.6. The number of ether oxygens (including phenoxy) is 5. The van der Waals surface area contributed by atoms with E-state index in [0.717, 1.165) is 5.56 Å². The second kappa shape index (κ2) is 18.7. The number of non-ortho nitro benzene ring substituents is 1. The molecule has 18 nitrogen and oxygen atoms in total. The van der Waals surface area contributed by atoms with Gasteiger partial charge in [0.05, 0.1) is 11.5 Å². The average molecular weight is 801 g/mol. The number of aromatic nitrogens is 2. The van der Waals surface area contributed by atoms with Crippen molar-refractivity contribution in [1.82, 2.24) is 20.0 Å². The summed E-state index contributed by atoms with van der Waals surface area (Å²) in [5.74, 6) is 0.327. The molecule has 2 atom stereocenters. The number of carbonyl (C=O) groups excluding carboxylic acids is 3. The Kier molecular flexibility index (Phi) is 14.4. The van der Waals surface area contributed by atoms with Crippen LogP contribution in [-0.4, -0.2) is 72.1 Å². The maximum atomic E-state index is 13.3. The van der Waals surface area contributed by atoms with Crippen molar-refractivity contribution in [3.8, 4) is 11.5 Å². The van der Waals surface area contributed by atoms with E-state index in [1.54, 1.807) is 53.9 Å². The molecule has 0 aliphatic heterocycles. The molecule has 19 heteroatoms. The topological polar surface area (TPSA) is 237 Å². The maximum absolute atomic E-state index is 13.3. The molecule has 2 aromatic carbocycles. The monoisotopic (exact) mass is 800 g/mol. The van der Waals surface area contributed by atoms with Crippen molar-refractivity contribution < 1.29 is 51.4 Å². The van der Waals surface area contributed by atoms with Gasteiger partial charge < -0.3 is 34.3 Å². The van der Waals surface area contributed by atoms with E-state index in [4.69, 9.17) is 23.7 Å². The van der Waals surface area contributed by atoms with Crippen LogP contribution in [0, 0.1) is 10.1 Å². The van der Waals surface area contributed by atoms with Crippen LogP contribution in [0.15, 0.2) is 59.8 Å². The minimum atomic E-state index is -4.41. The number of hydrogen-bond acceptors (Lipinski definition) is 15. The van der Waals surface area contributed by atoms with Crippen LogP contribution in [0.2, 0.25) is 0 Å². The summed E-state index contributed by atoms with van der Waals surface area (Å²) in [6.07, 6.45) is 3.97. The highest BCUT2D eigenvalue weighted by molar-refractivity contribution is 7.90. The maximum Gasteiger partial charge on any atom is 0.514 e. The van der Waals surface area contributed by atoms with Crippen LogP contribution in [0.25, 0.3) is 0 Å². The first-order chi connectivity index (χ1) is 26.3. The number of anilines is 2. The van der Waals surface area contributed by atoms with Gasteiger partial charge in [-0.05, 0) is 116 Å². The van der Waals surface area contributed by atoms with Gasteiger partial charge in [-0.3, -0.25) is 10.1 Å². The minimum absolute atomic E-state index is 0.0104. The molecular formula is C37H48N6O12S. The Morgan fingerprint density at radius 3 is 2.20 bits per heavy atom. The van der Waals surface area contributed by atoms with Gasteiger partial charge in [-0.15, -0.1) is 0 Å². The zero-order chi connectivity index (χ0) is 41.1. The summed E-state index contributed by atoms with van der Waals surface area (Å²) in [6, 6.07) is 9.31. The summed E-state index contributed by atoms with van der Waals surface area (Å²) in [5.41, 5.74) is -0.431. The Morgan fingerprint density at radius 2 is 1.55 bits per heavy atom. The van der Waals surface area contributed by atoms with Crippen molar-refractivity contribution >= 4 is 45.7 Å². The van der Waals surface area contributed by atoms with Crippen molar-refractivity contribution in [2.24, 2.45) is 0 Å². The summed E-state index contributed by atoms with van der Waals surface area (Å²) in [6.45, 7) is 10.7. The van der Waals surface area contributed by atoms with E-state index in [0.29, 0.717) is 50.8 Å². The Morgan fingerprint density at radius 1 is 0.893 bits per heavy atom. The molecule has 0 spiro atoms. The molecule has 2 amide bonds. The fraction of sp³-hybridized carbons (Fsp3) is 0.486. The van der Waals surface area contributed by atoms with Crippen molar-refractivity contribution in [3.63, 3.8) is 0 Å². The van der Waals surface area contributed by atoms with E-state index in [1.165, 1.54) is 42.5 Å². The number of nitro groups is 1.